The summed E-state index contributed by atoms with van der Waals surface area (Å²) in [5, 5.41) is 4.23. The quantitative estimate of drug-likeness (QED) is 0.747. The Morgan fingerprint density at radius 1 is 1.69 bits per heavy atom. The van der Waals surface area contributed by atoms with Crippen molar-refractivity contribution in [1.82, 2.24) is 9.78 Å². The third-order valence-corrected chi connectivity index (χ3v) is 2.26. The lowest BCUT2D eigenvalue weighted by Gasteiger charge is -2.10. The summed E-state index contributed by atoms with van der Waals surface area (Å²) in [6, 6.07) is 0. The van der Waals surface area contributed by atoms with Crippen LogP contribution in [0.25, 0.3) is 0 Å². The second kappa shape index (κ2) is 4.39. The van der Waals surface area contributed by atoms with Crippen molar-refractivity contribution in [3.05, 3.63) is 17.5 Å². The highest BCUT2D eigenvalue weighted by Crippen LogP contribution is 2.07. The van der Waals surface area contributed by atoms with Crippen molar-refractivity contribution in [2.24, 2.45) is 5.73 Å². The second-order valence-corrected chi connectivity index (χ2v) is 3.19. The standard InChI is InChI=1S/C9H17N3O/c1-7(13-3)6-12-8(2)9(4-10)5-11-12/h5,7H,4,6,10H2,1-3H3. The van der Waals surface area contributed by atoms with E-state index >= 15 is 0 Å². The minimum atomic E-state index is 0.184. The van der Waals surface area contributed by atoms with Gasteiger partial charge in [0.15, 0.2) is 0 Å². The summed E-state index contributed by atoms with van der Waals surface area (Å²) >= 11 is 0. The van der Waals surface area contributed by atoms with Crippen LogP contribution in [0.3, 0.4) is 0 Å². The normalized spacial score (nSPS) is 13.2. The molecule has 1 heterocycles. The second-order valence-electron chi connectivity index (χ2n) is 3.19. The smallest absolute Gasteiger partial charge is 0.0739 e. The summed E-state index contributed by atoms with van der Waals surface area (Å²) in [5.41, 5.74) is 7.77. The fraction of sp³-hybridized carbons (Fsp3) is 0.667. The molecule has 0 aliphatic rings. The van der Waals surface area contributed by atoms with Crippen molar-refractivity contribution < 1.29 is 4.74 Å². The van der Waals surface area contributed by atoms with Crippen molar-refractivity contribution in [2.75, 3.05) is 7.11 Å². The number of nitrogens with zero attached hydrogens (tertiary/aromatic N) is 2. The molecule has 0 radical (unpaired) electrons. The molecule has 74 valence electrons. The van der Waals surface area contributed by atoms with Gasteiger partial charge in [0.1, 0.15) is 0 Å². The maximum Gasteiger partial charge on any atom is 0.0739 e. The van der Waals surface area contributed by atoms with Gasteiger partial charge >= 0.3 is 0 Å². The first-order valence-electron chi connectivity index (χ1n) is 4.43. The van der Waals surface area contributed by atoms with Crippen LogP contribution >= 0.6 is 0 Å². The van der Waals surface area contributed by atoms with Gasteiger partial charge in [-0.05, 0) is 13.8 Å². The van der Waals surface area contributed by atoms with Gasteiger partial charge in [-0.25, -0.2) is 0 Å². The predicted octanol–water partition coefficient (Wildman–Crippen LogP) is 0.685. The third-order valence-electron chi connectivity index (χ3n) is 2.26. The van der Waals surface area contributed by atoms with Crippen LogP contribution in [0.2, 0.25) is 0 Å². The molecule has 1 aromatic rings. The van der Waals surface area contributed by atoms with Gasteiger partial charge in [0.05, 0.1) is 18.8 Å². The molecule has 0 aliphatic carbocycles. The van der Waals surface area contributed by atoms with Gasteiger partial charge in [-0.15, -0.1) is 0 Å². The fourth-order valence-electron chi connectivity index (χ4n) is 1.19. The maximum absolute atomic E-state index is 5.54. The average Bonchev–Trinajstić information content (AvgIpc) is 2.48. The van der Waals surface area contributed by atoms with Crippen molar-refractivity contribution >= 4 is 0 Å². The molecule has 0 amide bonds. The number of rotatable bonds is 4. The van der Waals surface area contributed by atoms with E-state index in [4.69, 9.17) is 10.5 Å². The van der Waals surface area contributed by atoms with Gasteiger partial charge < -0.3 is 10.5 Å². The summed E-state index contributed by atoms with van der Waals surface area (Å²) < 4.78 is 7.09. The van der Waals surface area contributed by atoms with Gasteiger partial charge in [-0.3, -0.25) is 4.68 Å². The van der Waals surface area contributed by atoms with E-state index in [9.17, 15) is 0 Å². The van der Waals surface area contributed by atoms with E-state index in [0.29, 0.717) is 6.54 Å². The monoisotopic (exact) mass is 183 g/mol. The molecule has 4 heteroatoms. The number of aromatic nitrogens is 2. The maximum atomic E-state index is 5.54. The fourth-order valence-corrected chi connectivity index (χ4v) is 1.19. The third kappa shape index (κ3) is 2.29. The van der Waals surface area contributed by atoms with Crippen molar-refractivity contribution in [1.29, 1.82) is 0 Å². The lowest BCUT2D eigenvalue weighted by atomic mass is 10.2. The number of hydrogen-bond acceptors (Lipinski definition) is 3. The van der Waals surface area contributed by atoms with E-state index in [2.05, 4.69) is 5.10 Å². The van der Waals surface area contributed by atoms with Crippen LogP contribution < -0.4 is 5.73 Å². The molecule has 1 unspecified atom stereocenters. The molecule has 1 rings (SSSR count). The molecule has 13 heavy (non-hydrogen) atoms. The Kier molecular flexibility index (Phi) is 3.45. The van der Waals surface area contributed by atoms with Gasteiger partial charge in [-0.1, -0.05) is 0 Å². The Balaban J connectivity index is 2.72. The molecule has 0 aliphatic heterocycles. The van der Waals surface area contributed by atoms with Crippen molar-refractivity contribution in [2.45, 2.75) is 33.0 Å². The molecule has 2 N–H and O–H groups in total. The predicted molar refractivity (Wildman–Crippen MR) is 51.3 cm³/mol. The first kappa shape index (κ1) is 10.2. The summed E-state index contributed by atoms with van der Waals surface area (Å²) in [6.45, 7) is 5.37. The molecule has 0 fully saturated rings. The number of ether oxygens (including phenoxy) is 1. The van der Waals surface area contributed by atoms with E-state index in [1.165, 1.54) is 0 Å². The summed E-state index contributed by atoms with van der Waals surface area (Å²) in [5.74, 6) is 0. The molecule has 0 bridgehead atoms. The Morgan fingerprint density at radius 2 is 2.38 bits per heavy atom. The number of nitrogens with two attached hydrogens (primary N) is 1. The lowest BCUT2D eigenvalue weighted by molar-refractivity contribution is 0.0992. The first-order chi connectivity index (χ1) is 6.19. The van der Waals surface area contributed by atoms with Gasteiger partial charge in [-0.2, -0.15) is 5.10 Å². The highest BCUT2D eigenvalue weighted by Gasteiger charge is 2.07. The molecule has 0 saturated carbocycles. The molecular formula is C9H17N3O. The van der Waals surface area contributed by atoms with E-state index in [0.717, 1.165) is 17.8 Å². The van der Waals surface area contributed by atoms with Crippen LogP contribution in [-0.4, -0.2) is 23.0 Å². The largest absolute Gasteiger partial charge is 0.380 e. The van der Waals surface area contributed by atoms with E-state index in [1.807, 2.05) is 24.7 Å². The summed E-state index contributed by atoms with van der Waals surface area (Å²) in [7, 11) is 1.70. The molecule has 0 saturated heterocycles. The Bertz CT molecular complexity index is 270. The van der Waals surface area contributed by atoms with Gasteiger partial charge in [0.25, 0.3) is 0 Å². The Labute approximate surface area is 78.7 Å². The van der Waals surface area contributed by atoms with Crippen LogP contribution in [0.15, 0.2) is 6.20 Å². The van der Waals surface area contributed by atoms with Gasteiger partial charge in [0, 0.05) is 24.9 Å². The van der Waals surface area contributed by atoms with Crippen molar-refractivity contribution in [3.8, 4) is 0 Å². The topological polar surface area (TPSA) is 53.1 Å². The molecule has 1 aromatic heterocycles. The zero-order valence-corrected chi connectivity index (χ0v) is 8.45. The van der Waals surface area contributed by atoms with Crippen LogP contribution in [0.5, 0.6) is 0 Å². The van der Waals surface area contributed by atoms with Crippen LogP contribution in [-0.2, 0) is 17.8 Å². The molecular weight excluding hydrogens is 166 g/mol. The van der Waals surface area contributed by atoms with Gasteiger partial charge in [0.2, 0.25) is 0 Å². The summed E-state index contributed by atoms with van der Waals surface area (Å²) in [4.78, 5) is 0. The molecule has 0 spiro atoms. The average molecular weight is 183 g/mol. The number of methoxy groups -OCH3 is 1. The molecule has 1 atom stereocenters. The van der Waals surface area contributed by atoms with Crippen LogP contribution in [0, 0.1) is 6.92 Å². The molecule has 4 nitrogen and oxygen atoms in total. The van der Waals surface area contributed by atoms with Crippen LogP contribution in [0.4, 0.5) is 0 Å². The number of hydrogen-bond donors (Lipinski definition) is 1. The van der Waals surface area contributed by atoms with Crippen LogP contribution in [0.1, 0.15) is 18.2 Å². The van der Waals surface area contributed by atoms with E-state index in [1.54, 1.807) is 7.11 Å². The minimum Gasteiger partial charge on any atom is -0.380 e. The lowest BCUT2D eigenvalue weighted by Crippen LogP contribution is -2.16. The minimum absolute atomic E-state index is 0.184. The Morgan fingerprint density at radius 3 is 2.85 bits per heavy atom. The van der Waals surface area contributed by atoms with E-state index < -0.39 is 0 Å². The van der Waals surface area contributed by atoms with Crippen molar-refractivity contribution in [3.63, 3.8) is 0 Å². The zero-order valence-electron chi connectivity index (χ0n) is 8.45. The first-order valence-corrected chi connectivity index (χ1v) is 4.43. The summed E-state index contributed by atoms with van der Waals surface area (Å²) in [6.07, 6.45) is 2.00. The SMILES string of the molecule is COC(C)Cn1ncc(CN)c1C. The highest BCUT2D eigenvalue weighted by atomic mass is 16.5. The molecule has 0 aromatic carbocycles. The van der Waals surface area contributed by atoms with E-state index in [-0.39, 0.29) is 6.10 Å². The zero-order chi connectivity index (χ0) is 9.84. The highest BCUT2D eigenvalue weighted by molar-refractivity contribution is 5.15. The Hall–Kier alpha value is -0.870.